The van der Waals surface area contributed by atoms with Crippen molar-refractivity contribution >= 4 is 62.7 Å². The molecule has 12 rings (SSSR count). The molecule has 17 heteroatoms. The quantitative estimate of drug-likeness (QED) is 0.111. The average Bonchev–Trinajstić information content (AvgIpc) is 4.46. The van der Waals surface area contributed by atoms with E-state index in [4.69, 9.17) is 23.2 Å². The highest BCUT2D eigenvalue weighted by Crippen LogP contribution is 2.39. The number of rotatable bonds is 13. The van der Waals surface area contributed by atoms with E-state index in [0.717, 1.165) is 100.0 Å². The van der Waals surface area contributed by atoms with Crippen LogP contribution >= 0.6 is 23.2 Å². The van der Waals surface area contributed by atoms with E-state index in [1.807, 2.05) is 73.8 Å². The molecule has 0 amide bonds. The second kappa shape index (κ2) is 24.2. The first-order valence-electron chi connectivity index (χ1n) is 26.5. The minimum atomic E-state index is -0.647. The topological polar surface area (TPSA) is 134 Å². The molecule has 0 bridgehead atoms. The molecule has 0 unspecified atom stereocenters. The summed E-state index contributed by atoms with van der Waals surface area (Å²) in [6.07, 6.45) is 23.9. The predicted molar refractivity (Wildman–Crippen MR) is 301 cm³/mol. The van der Waals surface area contributed by atoms with Gasteiger partial charge in [-0.3, -0.25) is 39.2 Å². The third-order valence-electron chi connectivity index (χ3n) is 14.9. The molecule has 398 valence electrons. The predicted octanol–water partition coefficient (Wildman–Crippen LogP) is 11.4. The maximum atomic E-state index is 14.5. The van der Waals surface area contributed by atoms with Gasteiger partial charge in [0.2, 0.25) is 0 Å². The molecule has 2 aromatic carbocycles. The number of aromatic nitrogens is 6. The Bertz CT molecular complexity index is 3510. The van der Waals surface area contributed by atoms with Crippen LogP contribution in [0.3, 0.4) is 0 Å². The Balaban J connectivity index is 0.000000145. The van der Waals surface area contributed by atoms with Crippen molar-refractivity contribution in [2.45, 2.75) is 109 Å². The number of piperidine rings is 2. The summed E-state index contributed by atoms with van der Waals surface area (Å²) in [6.45, 7) is 10.1. The highest BCUT2D eigenvalue weighted by atomic mass is 35.5. The highest BCUT2D eigenvalue weighted by Gasteiger charge is 2.30. The lowest BCUT2D eigenvalue weighted by molar-refractivity contribution is 0.112. The van der Waals surface area contributed by atoms with Crippen LogP contribution in [0.2, 0.25) is 10.0 Å². The number of nitrogens with zero attached hydrogens (tertiary/aromatic N) is 9. The summed E-state index contributed by atoms with van der Waals surface area (Å²) >= 11 is 11.9. The molecular weight excluding hydrogens is 1020 g/mol. The summed E-state index contributed by atoms with van der Waals surface area (Å²) in [5.74, 6) is -1.20. The van der Waals surface area contributed by atoms with Crippen LogP contribution in [0.15, 0.2) is 132 Å². The zero-order valence-corrected chi connectivity index (χ0v) is 44.8. The smallest absolute Gasteiger partial charge is 0.199 e. The lowest BCUT2D eigenvalue weighted by Gasteiger charge is -2.40. The number of halogens is 4. The number of hydrogen-bond donors (Lipinski definition) is 1. The molecule has 8 aromatic rings. The molecule has 2 atom stereocenters. The van der Waals surface area contributed by atoms with Crippen LogP contribution in [-0.2, 0) is 19.6 Å². The molecule has 2 saturated heterocycles. The maximum Gasteiger partial charge on any atom is 0.199 e. The van der Waals surface area contributed by atoms with Gasteiger partial charge >= 0.3 is 0 Å². The molecule has 8 heterocycles. The van der Waals surface area contributed by atoms with Crippen LogP contribution in [0.5, 0.6) is 0 Å². The summed E-state index contributed by atoms with van der Waals surface area (Å²) in [6, 6.07) is 23.4. The van der Waals surface area contributed by atoms with Crippen LogP contribution < -0.4 is 26.0 Å². The first-order valence-corrected chi connectivity index (χ1v) is 27.3. The van der Waals surface area contributed by atoms with Gasteiger partial charge in [0.1, 0.15) is 11.6 Å². The number of benzene rings is 2. The van der Waals surface area contributed by atoms with Gasteiger partial charge < -0.3 is 24.3 Å². The van der Waals surface area contributed by atoms with E-state index in [0.29, 0.717) is 53.4 Å². The van der Waals surface area contributed by atoms with Gasteiger partial charge in [0.25, 0.3) is 0 Å². The minimum absolute atomic E-state index is 0.0184. The molecule has 4 fully saturated rings. The van der Waals surface area contributed by atoms with Crippen LogP contribution in [0, 0.1) is 25.5 Å². The van der Waals surface area contributed by atoms with E-state index in [-0.39, 0.29) is 38.5 Å². The van der Waals surface area contributed by atoms with Gasteiger partial charge in [-0.2, -0.15) is 0 Å². The SMILES string of the molecule is Cc1cc(CN(Cc2cn(C3CC3)c3cc(Cl)c(F)cc3c2=O)[C@H]2CCCN(c3cccnc3)C2)ccn1.Cc1cc(CN[C@H]2CCCN(c3cccnc3)C2)ccn1.O=Cc1cn(C2CC2)c2cc(Cl)c(F)cc2c1=O. The highest BCUT2D eigenvalue weighted by molar-refractivity contribution is 6.31. The van der Waals surface area contributed by atoms with Crippen molar-refractivity contribution in [2.24, 2.45) is 0 Å². The number of nitrogens with one attached hydrogen (secondary N) is 1. The van der Waals surface area contributed by atoms with Crippen molar-refractivity contribution in [3.63, 3.8) is 0 Å². The summed E-state index contributed by atoms with van der Waals surface area (Å²) in [7, 11) is 0. The normalized spacial score (nSPS) is 17.4. The zero-order chi connectivity index (χ0) is 53.6. The molecule has 0 radical (unpaired) electrons. The fourth-order valence-electron chi connectivity index (χ4n) is 10.7. The lowest BCUT2D eigenvalue weighted by Crippen LogP contribution is -2.48. The van der Waals surface area contributed by atoms with Crippen molar-refractivity contribution in [2.75, 3.05) is 36.0 Å². The van der Waals surface area contributed by atoms with Crippen molar-refractivity contribution in [1.29, 1.82) is 0 Å². The Morgan fingerprint density at radius 2 is 1.22 bits per heavy atom. The number of pyridine rings is 6. The van der Waals surface area contributed by atoms with Crippen LogP contribution in [0.25, 0.3) is 21.8 Å². The fourth-order valence-corrected chi connectivity index (χ4v) is 11.0. The molecule has 13 nitrogen and oxygen atoms in total. The molecule has 2 aliphatic carbocycles. The van der Waals surface area contributed by atoms with E-state index in [1.165, 1.54) is 42.4 Å². The maximum absolute atomic E-state index is 14.5. The summed E-state index contributed by atoms with van der Waals surface area (Å²) in [4.78, 5) is 60.9. The van der Waals surface area contributed by atoms with E-state index in [9.17, 15) is 23.2 Å². The van der Waals surface area contributed by atoms with Gasteiger partial charge in [-0.05, 0) is 149 Å². The first kappa shape index (κ1) is 53.5. The van der Waals surface area contributed by atoms with E-state index in [2.05, 4.69) is 74.9 Å². The fraction of sp³-hybridized carbons (Fsp3) is 0.350. The molecule has 1 N–H and O–H groups in total. The monoisotopic (exact) mass is 1080 g/mol. The Kier molecular flexibility index (Phi) is 16.8. The van der Waals surface area contributed by atoms with Crippen molar-refractivity contribution < 1.29 is 13.6 Å². The van der Waals surface area contributed by atoms with Gasteiger partial charge in [0, 0.05) is 135 Å². The second-order valence-electron chi connectivity index (χ2n) is 20.7. The summed E-state index contributed by atoms with van der Waals surface area (Å²) in [5.41, 5.74) is 8.33. The second-order valence-corrected chi connectivity index (χ2v) is 21.5. The van der Waals surface area contributed by atoms with E-state index < -0.39 is 17.1 Å². The number of carbonyl (C=O) groups is 1. The Hall–Kier alpha value is -6.91. The number of aldehydes is 1. The third kappa shape index (κ3) is 13.1. The van der Waals surface area contributed by atoms with Gasteiger partial charge in [0.15, 0.2) is 17.1 Å². The van der Waals surface area contributed by atoms with Crippen LogP contribution in [-0.4, -0.2) is 78.5 Å². The largest absolute Gasteiger partial charge is 0.369 e. The Labute approximate surface area is 456 Å². The van der Waals surface area contributed by atoms with Crippen LogP contribution in [0.1, 0.15) is 102 Å². The number of hydrogen-bond acceptors (Lipinski definition) is 11. The number of aryl methyl sites for hydroxylation is 2. The minimum Gasteiger partial charge on any atom is -0.369 e. The molecule has 77 heavy (non-hydrogen) atoms. The first-order chi connectivity index (χ1) is 37.4. The molecule has 6 aromatic heterocycles. The van der Waals surface area contributed by atoms with Crippen molar-refractivity contribution in [3.8, 4) is 0 Å². The van der Waals surface area contributed by atoms with Gasteiger partial charge in [-0.15, -0.1) is 0 Å². The van der Waals surface area contributed by atoms with E-state index in [1.54, 1.807) is 12.3 Å². The van der Waals surface area contributed by atoms with Crippen LogP contribution in [0.4, 0.5) is 20.2 Å². The Morgan fingerprint density at radius 1 is 0.662 bits per heavy atom. The molecule has 4 aliphatic rings. The van der Waals surface area contributed by atoms with Crippen molar-refractivity contribution in [1.82, 2.24) is 39.3 Å². The molecular formula is C60H62Cl2F2N10O3. The average molecular weight is 1080 g/mol. The number of carbonyl (C=O) groups excluding carboxylic acids is 1. The van der Waals surface area contributed by atoms with Crippen molar-refractivity contribution in [3.05, 3.63) is 198 Å². The number of anilines is 2. The lowest BCUT2D eigenvalue weighted by atomic mass is 10.0. The Morgan fingerprint density at radius 3 is 1.79 bits per heavy atom. The summed E-state index contributed by atoms with van der Waals surface area (Å²) < 4.78 is 31.9. The molecule has 2 saturated carbocycles. The van der Waals surface area contributed by atoms with Gasteiger partial charge in [-0.1, -0.05) is 23.2 Å². The molecule has 2 aliphatic heterocycles. The van der Waals surface area contributed by atoms with Gasteiger partial charge in [-0.25, -0.2) is 8.78 Å². The van der Waals surface area contributed by atoms with E-state index >= 15 is 0 Å². The standard InChI is InChI=1S/C30H31ClFN5O.C17H22N4.C13H9ClFNO2/c1-20-12-21(8-10-34-20)16-36(25-5-3-11-35(19-25)24-4-2-9-33-15-24)17-22-18-37(23-6-7-23)29-14-27(31)28(32)13-26(29)30(22)38;1-14-10-15(6-8-19-14)11-20-16-4-3-9-21(13-16)17-5-2-7-18-12-17;14-10-4-12-9(3-11(10)15)13(18)7(6-17)5-16(12)8-1-2-8/h2,4,8-10,12-15,18,23,25H,3,5-7,11,16-17,19H2,1H3;2,5-8,10,12,16,20H,3-4,9,11,13H2,1H3;3-6,8H,1-2H2/t25-;16-;/m00./s1. The van der Waals surface area contributed by atoms with Gasteiger partial charge in [0.05, 0.1) is 50.4 Å². The molecule has 0 spiro atoms. The zero-order valence-electron chi connectivity index (χ0n) is 43.3. The number of fused-ring (bicyclic) bond motifs is 2. The third-order valence-corrected chi connectivity index (χ3v) is 15.5. The summed E-state index contributed by atoms with van der Waals surface area (Å²) in [5, 5.41) is 4.31.